The Morgan fingerprint density at radius 1 is 1.59 bits per heavy atom. The van der Waals surface area contributed by atoms with Crippen molar-refractivity contribution in [3.8, 4) is 0 Å². The lowest BCUT2D eigenvalue weighted by molar-refractivity contribution is -0.142. The van der Waals surface area contributed by atoms with Gasteiger partial charge in [-0.1, -0.05) is 0 Å². The first kappa shape index (κ1) is 10.7. The highest BCUT2D eigenvalue weighted by Crippen LogP contribution is 2.42. The number of rotatable bonds is 3. The Kier molecular flexibility index (Phi) is 2.39. The van der Waals surface area contributed by atoms with Gasteiger partial charge in [0.1, 0.15) is 12.2 Å². The Bertz CT molecular complexity index is 444. The minimum Gasteiger partial charge on any atom is -0.481 e. The number of carboxylic acid groups (broad SMARTS) is 1. The molecule has 0 spiro atoms. The van der Waals surface area contributed by atoms with E-state index in [-0.39, 0.29) is 12.0 Å². The fourth-order valence-electron chi connectivity index (χ4n) is 3.23. The van der Waals surface area contributed by atoms with Crippen LogP contribution in [0.5, 0.6) is 0 Å². The molecule has 2 aliphatic rings. The first-order valence-electron chi connectivity index (χ1n) is 5.98. The van der Waals surface area contributed by atoms with E-state index in [0.29, 0.717) is 6.04 Å². The van der Waals surface area contributed by atoms with E-state index in [4.69, 9.17) is 0 Å². The van der Waals surface area contributed by atoms with Crippen LogP contribution in [0, 0.1) is 5.92 Å². The molecular formula is C11H16N4O2. The molecule has 0 radical (unpaired) electrons. The van der Waals surface area contributed by atoms with Crippen LogP contribution in [0.15, 0.2) is 6.33 Å². The number of aliphatic carboxylic acids is 1. The number of aryl methyl sites for hydroxylation is 1. The van der Waals surface area contributed by atoms with E-state index >= 15 is 0 Å². The number of aromatic nitrogens is 3. The van der Waals surface area contributed by atoms with Crippen molar-refractivity contribution in [2.75, 3.05) is 0 Å². The second-order valence-corrected chi connectivity index (χ2v) is 5.01. The number of fused-ring (bicyclic) bond motifs is 2. The third-order valence-corrected chi connectivity index (χ3v) is 4.13. The van der Waals surface area contributed by atoms with Crippen molar-refractivity contribution < 1.29 is 9.90 Å². The summed E-state index contributed by atoms with van der Waals surface area (Å²) in [6.45, 7) is 0.718. The first-order chi connectivity index (χ1) is 8.16. The lowest BCUT2D eigenvalue weighted by Crippen LogP contribution is -2.33. The normalized spacial score (nSPS) is 32.2. The standard InChI is InChI=1S/C11H16N4O2/c1-14-6-12-13-10(14)5-15-7-2-3-9(15)8(4-7)11(16)17/h6-9H,2-5H2,1H3,(H,16,17). The van der Waals surface area contributed by atoms with E-state index in [2.05, 4.69) is 15.1 Å². The largest absolute Gasteiger partial charge is 0.481 e. The molecule has 3 atom stereocenters. The van der Waals surface area contributed by atoms with Crippen molar-refractivity contribution in [2.24, 2.45) is 13.0 Å². The van der Waals surface area contributed by atoms with E-state index in [1.807, 2.05) is 11.6 Å². The number of carboxylic acids is 1. The predicted octanol–water partition coefficient (Wildman–Crippen LogP) is 0.253. The molecule has 1 aromatic rings. The Morgan fingerprint density at radius 2 is 2.41 bits per heavy atom. The lowest BCUT2D eigenvalue weighted by atomic mass is 9.89. The molecular weight excluding hydrogens is 220 g/mol. The molecule has 17 heavy (non-hydrogen) atoms. The van der Waals surface area contributed by atoms with E-state index in [1.165, 1.54) is 0 Å². The summed E-state index contributed by atoms with van der Waals surface area (Å²) in [5.41, 5.74) is 0. The van der Waals surface area contributed by atoms with Crippen molar-refractivity contribution in [3.63, 3.8) is 0 Å². The maximum atomic E-state index is 11.1. The van der Waals surface area contributed by atoms with Gasteiger partial charge in [-0.25, -0.2) is 0 Å². The van der Waals surface area contributed by atoms with Gasteiger partial charge in [0, 0.05) is 19.1 Å². The third kappa shape index (κ3) is 1.63. The van der Waals surface area contributed by atoms with E-state index in [0.717, 1.165) is 31.6 Å². The van der Waals surface area contributed by atoms with E-state index in [1.54, 1.807) is 6.33 Å². The van der Waals surface area contributed by atoms with Gasteiger partial charge in [-0.2, -0.15) is 0 Å². The molecule has 0 aliphatic carbocycles. The summed E-state index contributed by atoms with van der Waals surface area (Å²) in [7, 11) is 1.92. The van der Waals surface area contributed by atoms with Crippen LogP contribution in [0.2, 0.25) is 0 Å². The van der Waals surface area contributed by atoms with Gasteiger partial charge in [0.05, 0.1) is 12.5 Å². The highest BCUT2D eigenvalue weighted by atomic mass is 16.4. The average molecular weight is 236 g/mol. The molecule has 3 unspecified atom stereocenters. The monoisotopic (exact) mass is 236 g/mol. The number of hydrogen-bond acceptors (Lipinski definition) is 4. The van der Waals surface area contributed by atoms with Crippen LogP contribution in [-0.4, -0.2) is 42.8 Å². The molecule has 1 aromatic heterocycles. The highest BCUT2D eigenvalue weighted by Gasteiger charge is 2.49. The van der Waals surface area contributed by atoms with E-state index in [9.17, 15) is 9.90 Å². The second-order valence-electron chi connectivity index (χ2n) is 5.01. The summed E-state index contributed by atoms with van der Waals surface area (Å²) in [5.74, 6) is 0.0649. The maximum absolute atomic E-state index is 11.1. The fraction of sp³-hybridized carbons (Fsp3) is 0.727. The molecule has 2 bridgehead atoms. The van der Waals surface area contributed by atoms with Gasteiger partial charge in [-0.3, -0.25) is 9.69 Å². The van der Waals surface area contributed by atoms with Crippen molar-refractivity contribution in [3.05, 3.63) is 12.2 Å². The topological polar surface area (TPSA) is 71.2 Å². The molecule has 3 rings (SSSR count). The molecule has 6 heteroatoms. The summed E-state index contributed by atoms with van der Waals surface area (Å²) in [6.07, 6.45) is 4.59. The molecule has 2 fully saturated rings. The van der Waals surface area contributed by atoms with Crippen molar-refractivity contribution >= 4 is 5.97 Å². The van der Waals surface area contributed by atoms with E-state index < -0.39 is 5.97 Å². The molecule has 2 aliphatic heterocycles. The summed E-state index contributed by atoms with van der Waals surface area (Å²) >= 11 is 0. The molecule has 1 N–H and O–H groups in total. The third-order valence-electron chi connectivity index (χ3n) is 4.13. The molecule has 92 valence electrons. The number of hydrogen-bond donors (Lipinski definition) is 1. The molecule has 3 heterocycles. The van der Waals surface area contributed by atoms with Gasteiger partial charge in [0.25, 0.3) is 0 Å². The van der Waals surface area contributed by atoms with Gasteiger partial charge < -0.3 is 9.67 Å². The van der Waals surface area contributed by atoms with Crippen LogP contribution in [0.4, 0.5) is 0 Å². The van der Waals surface area contributed by atoms with Crippen LogP contribution >= 0.6 is 0 Å². The summed E-state index contributed by atoms with van der Waals surface area (Å²) in [5, 5.41) is 17.1. The quantitative estimate of drug-likeness (QED) is 0.814. The summed E-state index contributed by atoms with van der Waals surface area (Å²) in [4.78, 5) is 13.4. The maximum Gasteiger partial charge on any atom is 0.308 e. The van der Waals surface area contributed by atoms with Crippen LogP contribution in [-0.2, 0) is 18.4 Å². The van der Waals surface area contributed by atoms with Gasteiger partial charge in [0.2, 0.25) is 0 Å². The van der Waals surface area contributed by atoms with Crippen LogP contribution in [0.25, 0.3) is 0 Å². The van der Waals surface area contributed by atoms with Crippen molar-refractivity contribution in [1.29, 1.82) is 0 Å². The average Bonchev–Trinajstić information content (AvgIpc) is 2.96. The number of nitrogens with zero attached hydrogens (tertiary/aromatic N) is 4. The Morgan fingerprint density at radius 3 is 3.00 bits per heavy atom. The van der Waals surface area contributed by atoms with Gasteiger partial charge >= 0.3 is 5.97 Å². The molecule has 2 saturated heterocycles. The predicted molar refractivity (Wildman–Crippen MR) is 59.1 cm³/mol. The van der Waals surface area contributed by atoms with Crippen LogP contribution in [0.3, 0.4) is 0 Å². The van der Waals surface area contributed by atoms with Crippen LogP contribution in [0.1, 0.15) is 25.1 Å². The highest BCUT2D eigenvalue weighted by molar-refractivity contribution is 5.71. The molecule has 6 nitrogen and oxygen atoms in total. The first-order valence-corrected chi connectivity index (χ1v) is 5.98. The zero-order chi connectivity index (χ0) is 12.0. The SMILES string of the molecule is Cn1cnnc1CN1C2CCC1C(C(=O)O)C2. The Hall–Kier alpha value is -1.43. The Labute approximate surface area is 99.2 Å². The Balaban J connectivity index is 1.77. The van der Waals surface area contributed by atoms with Crippen molar-refractivity contribution in [2.45, 2.75) is 37.9 Å². The molecule has 0 amide bonds. The summed E-state index contributed by atoms with van der Waals surface area (Å²) < 4.78 is 1.90. The summed E-state index contributed by atoms with van der Waals surface area (Å²) in [6, 6.07) is 0.604. The van der Waals surface area contributed by atoms with Gasteiger partial charge in [-0.05, 0) is 19.3 Å². The van der Waals surface area contributed by atoms with Gasteiger partial charge in [-0.15, -0.1) is 10.2 Å². The van der Waals surface area contributed by atoms with Crippen molar-refractivity contribution in [1.82, 2.24) is 19.7 Å². The zero-order valence-corrected chi connectivity index (χ0v) is 9.78. The lowest BCUT2D eigenvalue weighted by Gasteiger charge is -2.21. The molecule has 0 saturated carbocycles. The smallest absolute Gasteiger partial charge is 0.308 e. The fourth-order valence-corrected chi connectivity index (χ4v) is 3.23. The minimum absolute atomic E-state index is 0.189. The molecule has 0 aromatic carbocycles. The number of carbonyl (C=O) groups is 1. The second kappa shape index (κ2) is 3.80. The zero-order valence-electron chi connectivity index (χ0n) is 9.78. The van der Waals surface area contributed by atoms with Crippen LogP contribution < -0.4 is 0 Å². The van der Waals surface area contributed by atoms with Gasteiger partial charge in [0.15, 0.2) is 0 Å². The minimum atomic E-state index is -0.653.